The fourth-order valence-electron chi connectivity index (χ4n) is 4.50. The Bertz CT molecular complexity index is 1480. The van der Waals surface area contributed by atoms with Crippen molar-refractivity contribution in [3.05, 3.63) is 83.9 Å². The SMILES string of the molecule is C=Cc1ccc2c3cc([B]OC(C)(C)C(C)(C)S)ccc3n(-c3ccc(C(C)(C)C)cc3)c2c1/C=C\C.CC.CC. The van der Waals surface area contributed by atoms with Gasteiger partial charge < -0.3 is 9.22 Å². The van der Waals surface area contributed by atoms with Gasteiger partial charge in [-0.05, 0) is 69.4 Å². The molecular weight excluding hydrogens is 517 g/mol. The average molecular weight is 569 g/mol. The highest BCUT2D eigenvalue weighted by atomic mass is 32.1. The first-order valence-corrected chi connectivity index (χ1v) is 15.4. The van der Waals surface area contributed by atoms with Crippen LogP contribution in [-0.2, 0) is 10.1 Å². The quantitative estimate of drug-likeness (QED) is 0.173. The van der Waals surface area contributed by atoms with Crippen molar-refractivity contribution in [3.8, 4) is 5.69 Å². The summed E-state index contributed by atoms with van der Waals surface area (Å²) in [6.45, 7) is 29.2. The third-order valence-electron chi connectivity index (χ3n) is 7.53. The molecule has 4 aromatic rings. The van der Waals surface area contributed by atoms with Gasteiger partial charge >= 0.3 is 7.48 Å². The molecule has 1 heterocycles. The van der Waals surface area contributed by atoms with Gasteiger partial charge in [-0.25, -0.2) is 0 Å². The van der Waals surface area contributed by atoms with Crippen LogP contribution in [0.2, 0.25) is 0 Å². The van der Waals surface area contributed by atoms with Crippen LogP contribution in [0.4, 0.5) is 0 Å². The molecule has 0 aliphatic heterocycles. The summed E-state index contributed by atoms with van der Waals surface area (Å²) in [6, 6.07) is 19.9. The minimum absolute atomic E-state index is 0.103. The molecule has 3 aromatic carbocycles. The van der Waals surface area contributed by atoms with Crippen LogP contribution in [0.25, 0.3) is 39.6 Å². The van der Waals surface area contributed by atoms with E-state index >= 15 is 0 Å². The summed E-state index contributed by atoms with van der Waals surface area (Å²) in [5, 5.41) is 2.40. The van der Waals surface area contributed by atoms with Gasteiger partial charge in [-0.3, -0.25) is 0 Å². The molecule has 1 radical (unpaired) electrons. The summed E-state index contributed by atoms with van der Waals surface area (Å²) in [5.41, 5.74) is 7.81. The van der Waals surface area contributed by atoms with E-state index in [0.29, 0.717) is 0 Å². The van der Waals surface area contributed by atoms with E-state index in [2.05, 4.69) is 133 Å². The molecule has 0 aliphatic rings. The number of fused-ring (bicyclic) bond motifs is 3. The molecule has 4 heteroatoms. The minimum Gasteiger partial charge on any atom is -0.428 e. The number of benzene rings is 3. The third-order valence-corrected chi connectivity index (χ3v) is 8.07. The fourth-order valence-corrected chi connectivity index (χ4v) is 4.55. The van der Waals surface area contributed by atoms with Crippen molar-refractivity contribution in [2.45, 2.75) is 98.8 Å². The van der Waals surface area contributed by atoms with Crippen LogP contribution >= 0.6 is 12.6 Å². The van der Waals surface area contributed by atoms with Crippen molar-refractivity contribution in [2.75, 3.05) is 0 Å². The van der Waals surface area contributed by atoms with Gasteiger partial charge in [0.25, 0.3) is 0 Å². The number of thiol groups is 1. The Labute approximate surface area is 256 Å². The normalized spacial score (nSPS) is 12.1. The van der Waals surface area contributed by atoms with Crippen molar-refractivity contribution in [2.24, 2.45) is 0 Å². The van der Waals surface area contributed by atoms with Gasteiger partial charge in [0, 0.05) is 26.8 Å². The number of hydrogen-bond acceptors (Lipinski definition) is 2. The van der Waals surface area contributed by atoms with Crippen LogP contribution in [0.5, 0.6) is 0 Å². The lowest BCUT2D eigenvalue weighted by Gasteiger charge is -2.38. The molecule has 1 aromatic heterocycles. The molecule has 2 nitrogen and oxygen atoms in total. The molecule has 0 aliphatic carbocycles. The Morgan fingerprint density at radius 3 is 1.95 bits per heavy atom. The highest BCUT2D eigenvalue weighted by molar-refractivity contribution is 7.81. The van der Waals surface area contributed by atoms with Crippen LogP contribution in [0.15, 0.2) is 67.3 Å². The van der Waals surface area contributed by atoms with Crippen LogP contribution < -0.4 is 5.46 Å². The van der Waals surface area contributed by atoms with Crippen molar-refractivity contribution < 1.29 is 4.65 Å². The van der Waals surface area contributed by atoms with Gasteiger partial charge in [0.1, 0.15) is 0 Å². The molecule has 0 saturated heterocycles. The van der Waals surface area contributed by atoms with E-state index in [-0.39, 0.29) is 10.2 Å². The van der Waals surface area contributed by atoms with E-state index in [4.69, 9.17) is 17.3 Å². The van der Waals surface area contributed by atoms with Crippen molar-refractivity contribution in [1.29, 1.82) is 0 Å². The molecule has 0 unspecified atom stereocenters. The maximum absolute atomic E-state index is 6.24. The van der Waals surface area contributed by atoms with E-state index < -0.39 is 5.60 Å². The van der Waals surface area contributed by atoms with Gasteiger partial charge in [-0.2, -0.15) is 12.6 Å². The molecule has 0 N–H and O–H groups in total. The molecule has 41 heavy (non-hydrogen) atoms. The molecule has 0 bridgehead atoms. The lowest BCUT2D eigenvalue weighted by molar-refractivity contribution is 0.0855. The predicted molar refractivity (Wildman–Crippen MR) is 191 cm³/mol. The molecule has 219 valence electrons. The Morgan fingerprint density at radius 1 is 0.829 bits per heavy atom. The Kier molecular flexibility index (Phi) is 11.8. The Morgan fingerprint density at radius 2 is 1.44 bits per heavy atom. The van der Waals surface area contributed by atoms with Gasteiger partial charge in [0.2, 0.25) is 0 Å². The minimum atomic E-state index is -0.425. The van der Waals surface area contributed by atoms with E-state index in [1.54, 1.807) is 0 Å². The summed E-state index contributed by atoms with van der Waals surface area (Å²) in [4.78, 5) is 0. The fraction of sp³-hybridized carbons (Fsp3) is 0.405. The van der Waals surface area contributed by atoms with E-state index in [9.17, 15) is 0 Å². The van der Waals surface area contributed by atoms with Crippen molar-refractivity contribution in [3.63, 3.8) is 0 Å². The highest BCUT2D eigenvalue weighted by Crippen LogP contribution is 2.37. The molecule has 0 amide bonds. The zero-order chi connectivity index (χ0) is 31.2. The summed E-state index contributed by atoms with van der Waals surface area (Å²) in [6.07, 6.45) is 6.22. The molecule has 4 rings (SSSR count). The summed E-state index contributed by atoms with van der Waals surface area (Å²) in [7, 11) is 1.86. The van der Waals surface area contributed by atoms with Crippen molar-refractivity contribution in [1.82, 2.24) is 4.57 Å². The molecule has 0 saturated carbocycles. The van der Waals surface area contributed by atoms with Crippen molar-refractivity contribution >= 4 is 59.5 Å². The standard InChI is InChI=1S/C33H39BNOS.2C2H6/c1-10-12-26-22(11-2)13-19-27-28-21-24(34-36-32(6,7)33(8,9)37)16-20-29(28)35(30(26)27)25-17-14-23(15-18-25)31(3,4)5;2*1-2/h10-21,37H,2H2,1,3-9H3;2*1-2H3/b12-10-;;. The van der Waals surface area contributed by atoms with E-state index in [1.165, 1.54) is 27.4 Å². The summed E-state index contributed by atoms with van der Waals surface area (Å²) < 4.78 is 8.34. The first-order chi connectivity index (χ1) is 19.3. The lowest BCUT2D eigenvalue weighted by Crippen LogP contribution is -2.45. The lowest BCUT2D eigenvalue weighted by atomic mass is 9.83. The summed E-state index contributed by atoms with van der Waals surface area (Å²) in [5.74, 6) is 0. The maximum Gasteiger partial charge on any atom is 0.330 e. The second-order valence-electron chi connectivity index (χ2n) is 11.9. The third kappa shape index (κ3) is 7.40. The molecule has 0 spiro atoms. The predicted octanol–water partition coefficient (Wildman–Crippen LogP) is 10.6. The number of aromatic nitrogens is 1. The Hall–Kier alpha value is -2.69. The first kappa shape index (κ1) is 34.5. The van der Waals surface area contributed by atoms with E-state index in [1.807, 2.05) is 41.3 Å². The second-order valence-corrected chi connectivity index (χ2v) is 13.0. The zero-order valence-corrected chi connectivity index (χ0v) is 28.4. The van der Waals surface area contributed by atoms with Gasteiger partial charge in [-0.15, -0.1) is 0 Å². The Balaban J connectivity index is 0.00000141. The molecule has 0 atom stereocenters. The monoisotopic (exact) mass is 568 g/mol. The largest absolute Gasteiger partial charge is 0.428 e. The van der Waals surface area contributed by atoms with Crippen LogP contribution in [0.3, 0.4) is 0 Å². The number of nitrogens with zero attached hydrogens (tertiary/aromatic N) is 1. The zero-order valence-electron chi connectivity index (χ0n) is 27.5. The topological polar surface area (TPSA) is 14.2 Å². The maximum atomic E-state index is 6.24. The van der Waals surface area contributed by atoms with Crippen LogP contribution in [0.1, 0.15) is 99.8 Å². The number of allylic oxidation sites excluding steroid dienone is 1. The first-order valence-electron chi connectivity index (χ1n) is 15.0. The molecule has 0 fully saturated rings. The van der Waals surface area contributed by atoms with E-state index in [0.717, 1.165) is 22.2 Å². The highest BCUT2D eigenvalue weighted by Gasteiger charge is 2.34. The van der Waals surface area contributed by atoms with Crippen LogP contribution in [0, 0.1) is 0 Å². The number of rotatable bonds is 7. The molecular formula is C37H51BNOS. The summed E-state index contributed by atoms with van der Waals surface area (Å²) >= 11 is 4.74. The number of hydrogen-bond donors (Lipinski definition) is 1. The van der Waals surface area contributed by atoms with Gasteiger partial charge in [0.15, 0.2) is 0 Å². The smallest absolute Gasteiger partial charge is 0.330 e. The van der Waals surface area contributed by atoms with Gasteiger partial charge in [0.05, 0.1) is 16.6 Å². The second kappa shape index (κ2) is 14.0. The van der Waals surface area contributed by atoms with Crippen LogP contribution in [-0.4, -0.2) is 22.4 Å². The van der Waals surface area contributed by atoms with Gasteiger partial charge in [-0.1, -0.05) is 115 Å². The average Bonchev–Trinajstić information content (AvgIpc) is 3.27.